The Kier molecular flexibility index (Phi) is 4.28. The van der Waals surface area contributed by atoms with Crippen LogP contribution in [0.5, 0.6) is 11.5 Å². The number of methoxy groups -OCH3 is 1. The van der Waals surface area contributed by atoms with Crippen molar-refractivity contribution in [2.24, 2.45) is 5.73 Å². The lowest BCUT2D eigenvalue weighted by Gasteiger charge is -2.33. The van der Waals surface area contributed by atoms with Gasteiger partial charge >= 0.3 is 0 Å². The highest BCUT2D eigenvalue weighted by molar-refractivity contribution is 6.35. The summed E-state index contributed by atoms with van der Waals surface area (Å²) in [6.07, 6.45) is 0. The van der Waals surface area contributed by atoms with Crippen molar-refractivity contribution in [2.75, 3.05) is 7.11 Å². The summed E-state index contributed by atoms with van der Waals surface area (Å²) in [5, 5.41) is 5.39. The molecule has 144 valence electrons. The van der Waals surface area contributed by atoms with Crippen LogP contribution in [0.4, 0.5) is 0 Å². The van der Waals surface area contributed by atoms with E-state index in [2.05, 4.69) is 5.10 Å². The molecule has 0 bridgehead atoms. The summed E-state index contributed by atoms with van der Waals surface area (Å²) < 4.78 is 13.1. The molecule has 2 heterocycles. The maximum atomic E-state index is 12.2. The molecule has 2 N–H and O–H groups in total. The van der Waals surface area contributed by atoms with Crippen LogP contribution in [-0.4, -0.2) is 22.8 Å². The van der Waals surface area contributed by atoms with Gasteiger partial charge in [-0.3, -0.25) is 4.79 Å². The van der Waals surface area contributed by atoms with Gasteiger partial charge in [-0.25, -0.2) is 4.68 Å². The lowest BCUT2D eigenvalue weighted by atomic mass is 9.88. The highest BCUT2D eigenvalue weighted by atomic mass is 35.5. The molecule has 1 aliphatic heterocycles. The molecule has 0 spiro atoms. The topological polar surface area (TPSA) is 79.4 Å². The number of rotatable bonds is 3. The van der Waals surface area contributed by atoms with Gasteiger partial charge in [0.25, 0.3) is 5.91 Å². The van der Waals surface area contributed by atoms with E-state index in [1.807, 2.05) is 26.0 Å². The van der Waals surface area contributed by atoms with Gasteiger partial charge in [0.2, 0.25) is 0 Å². The Morgan fingerprint density at radius 3 is 2.61 bits per heavy atom. The third kappa shape index (κ3) is 2.80. The number of amides is 1. The molecule has 4 rings (SSSR count). The Morgan fingerprint density at radius 2 is 1.96 bits per heavy atom. The number of aromatic nitrogens is 2. The van der Waals surface area contributed by atoms with Gasteiger partial charge in [0.1, 0.15) is 17.1 Å². The van der Waals surface area contributed by atoms with Gasteiger partial charge in [0, 0.05) is 16.7 Å². The third-order valence-corrected chi connectivity index (χ3v) is 5.21. The summed E-state index contributed by atoms with van der Waals surface area (Å²) in [6.45, 7) is 3.71. The van der Waals surface area contributed by atoms with Crippen molar-refractivity contribution < 1.29 is 14.3 Å². The van der Waals surface area contributed by atoms with Crippen molar-refractivity contribution >= 4 is 29.1 Å². The minimum absolute atomic E-state index is 0.132. The average molecular weight is 418 g/mol. The number of primary amides is 1. The standard InChI is InChI=1S/C20H17Cl2N3O3/c1-20(2)16-17(19(23)26)24-25(14-7-4-10(21)8-13(14)22)18(16)12-6-5-11(27-3)9-15(12)28-20/h4-9H,1-3H3,(H2,23,26). The van der Waals surface area contributed by atoms with Crippen LogP contribution in [0.3, 0.4) is 0 Å². The SMILES string of the molecule is COc1ccc2c(c1)OC(C)(C)c1c(C(N)=O)nn(-c3ccc(Cl)cc3Cl)c1-2. The van der Waals surface area contributed by atoms with Crippen molar-refractivity contribution in [2.45, 2.75) is 19.4 Å². The summed E-state index contributed by atoms with van der Waals surface area (Å²) in [6, 6.07) is 10.5. The van der Waals surface area contributed by atoms with E-state index in [0.29, 0.717) is 38.5 Å². The number of halogens is 2. The monoisotopic (exact) mass is 417 g/mol. The highest BCUT2D eigenvalue weighted by Crippen LogP contribution is 2.48. The molecular weight excluding hydrogens is 401 g/mol. The zero-order chi connectivity index (χ0) is 20.2. The second-order valence-corrected chi connectivity index (χ2v) is 7.76. The summed E-state index contributed by atoms with van der Waals surface area (Å²) in [7, 11) is 1.59. The number of carbonyl (C=O) groups is 1. The largest absolute Gasteiger partial charge is 0.497 e. The first-order valence-corrected chi connectivity index (χ1v) is 9.24. The lowest BCUT2D eigenvalue weighted by molar-refractivity contribution is 0.0934. The van der Waals surface area contributed by atoms with Crippen molar-refractivity contribution in [1.29, 1.82) is 0 Å². The van der Waals surface area contributed by atoms with Crippen molar-refractivity contribution in [3.8, 4) is 28.4 Å². The van der Waals surface area contributed by atoms with Crippen LogP contribution in [0.15, 0.2) is 36.4 Å². The van der Waals surface area contributed by atoms with Crippen molar-refractivity contribution in [3.63, 3.8) is 0 Å². The Hall–Kier alpha value is -2.70. The molecule has 0 fully saturated rings. The molecule has 0 atom stereocenters. The second kappa shape index (κ2) is 6.43. The molecule has 6 nitrogen and oxygen atoms in total. The van der Waals surface area contributed by atoms with Crippen LogP contribution < -0.4 is 15.2 Å². The molecular formula is C20H17Cl2N3O3. The predicted molar refractivity (Wildman–Crippen MR) is 108 cm³/mol. The van der Waals surface area contributed by atoms with E-state index in [1.165, 1.54) is 0 Å². The molecule has 0 saturated heterocycles. The first-order valence-electron chi connectivity index (χ1n) is 8.49. The number of fused-ring (bicyclic) bond motifs is 3. The molecule has 0 radical (unpaired) electrons. The molecule has 3 aromatic rings. The zero-order valence-electron chi connectivity index (χ0n) is 15.4. The fourth-order valence-corrected chi connectivity index (χ4v) is 3.96. The molecule has 1 aromatic heterocycles. The van der Waals surface area contributed by atoms with E-state index in [-0.39, 0.29) is 5.69 Å². The number of hydrogen-bond donors (Lipinski definition) is 1. The Balaban J connectivity index is 2.09. The van der Waals surface area contributed by atoms with Gasteiger partial charge in [-0.15, -0.1) is 0 Å². The van der Waals surface area contributed by atoms with Gasteiger partial charge in [-0.05, 0) is 44.2 Å². The summed E-state index contributed by atoms with van der Waals surface area (Å²) in [5.41, 5.74) is 7.53. The van der Waals surface area contributed by atoms with Crippen LogP contribution in [-0.2, 0) is 5.60 Å². The Morgan fingerprint density at radius 1 is 1.21 bits per heavy atom. The van der Waals surface area contributed by atoms with Crippen LogP contribution >= 0.6 is 23.2 Å². The third-order valence-electron chi connectivity index (χ3n) is 4.67. The van der Waals surface area contributed by atoms with Gasteiger partial charge in [-0.1, -0.05) is 23.2 Å². The molecule has 28 heavy (non-hydrogen) atoms. The first kappa shape index (κ1) is 18.7. The maximum absolute atomic E-state index is 12.2. The Labute approximate surface area is 171 Å². The number of hydrogen-bond acceptors (Lipinski definition) is 4. The smallest absolute Gasteiger partial charge is 0.269 e. The van der Waals surface area contributed by atoms with E-state index in [9.17, 15) is 4.79 Å². The molecule has 1 amide bonds. The average Bonchev–Trinajstić information content (AvgIpc) is 3.03. The summed E-state index contributed by atoms with van der Waals surface area (Å²) in [5.74, 6) is 0.622. The van der Waals surface area contributed by atoms with E-state index < -0.39 is 11.5 Å². The molecule has 1 aliphatic rings. The van der Waals surface area contributed by atoms with Gasteiger partial charge in [0.05, 0.1) is 29.1 Å². The second-order valence-electron chi connectivity index (χ2n) is 6.92. The Bertz CT molecular complexity index is 1120. The fraction of sp³-hybridized carbons (Fsp3) is 0.200. The molecule has 2 aromatic carbocycles. The maximum Gasteiger partial charge on any atom is 0.269 e. The van der Waals surface area contributed by atoms with Crippen molar-refractivity contribution in [3.05, 3.63) is 57.7 Å². The molecule has 0 unspecified atom stereocenters. The molecule has 0 aliphatic carbocycles. The van der Waals surface area contributed by atoms with Gasteiger partial charge in [-0.2, -0.15) is 5.10 Å². The van der Waals surface area contributed by atoms with Crippen LogP contribution in [0.25, 0.3) is 16.9 Å². The summed E-state index contributed by atoms with van der Waals surface area (Å²) >= 11 is 12.5. The number of nitrogens with zero attached hydrogens (tertiary/aromatic N) is 2. The normalized spacial score (nSPS) is 14.0. The van der Waals surface area contributed by atoms with E-state index >= 15 is 0 Å². The van der Waals surface area contributed by atoms with Crippen LogP contribution in [0.2, 0.25) is 10.0 Å². The highest BCUT2D eigenvalue weighted by Gasteiger charge is 2.41. The van der Waals surface area contributed by atoms with E-state index in [1.54, 1.807) is 36.1 Å². The molecule has 8 heteroatoms. The lowest BCUT2D eigenvalue weighted by Crippen LogP contribution is -2.32. The summed E-state index contributed by atoms with van der Waals surface area (Å²) in [4.78, 5) is 12.2. The predicted octanol–water partition coefficient (Wildman–Crippen LogP) is 4.58. The first-order chi connectivity index (χ1) is 13.2. The van der Waals surface area contributed by atoms with E-state index in [4.69, 9.17) is 38.4 Å². The van der Waals surface area contributed by atoms with Crippen LogP contribution in [0, 0.1) is 0 Å². The fourth-order valence-electron chi connectivity index (χ4n) is 3.47. The van der Waals surface area contributed by atoms with Gasteiger partial charge < -0.3 is 15.2 Å². The van der Waals surface area contributed by atoms with Gasteiger partial charge in [0.15, 0.2) is 5.69 Å². The minimum Gasteiger partial charge on any atom is -0.497 e. The number of nitrogens with two attached hydrogens (primary N) is 1. The van der Waals surface area contributed by atoms with E-state index in [0.717, 1.165) is 5.56 Å². The zero-order valence-corrected chi connectivity index (χ0v) is 16.9. The number of benzene rings is 2. The number of carbonyl (C=O) groups excluding carboxylic acids is 1. The quantitative estimate of drug-likeness (QED) is 0.675. The minimum atomic E-state index is -0.851. The van der Waals surface area contributed by atoms with Crippen LogP contribution in [0.1, 0.15) is 29.9 Å². The van der Waals surface area contributed by atoms with Crippen molar-refractivity contribution in [1.82, 2.24) is 9.78 Å². The number of ether oxygens (including phenoxy) is 2. The molecule has 0 saturated carbocycles.